The van der Waals surface area contributed by atoms with E-state index in [0.29, 0.717) is 5.13 Å². The second-order valence-corrected chi connectivity index (χ2v) is 6.90. The standard InChI is InChI=1S/C16H20N2OS/c1-10-6-7-12(8-11(10)2)13-9-20-15(17-13)18-14(19)16(3,4)5/h6-9H,1-5H3,(H,17,18,19). The fourth-order valence-corrected chi connectivity index (χ4v) is 2.36. The van der Waals surface area contributed by atoms with Crippen LogP contribution in [0.15, 0.2) is 23.6 Å². The molecule has 0 bridgehead atoms. The smallest absolute Gasteiger partial charge is 0.231 e. The molecule has 0 atom stereocenters. The van der Waals surface area contributed by atoms with Crippen LogP contribution in [-0.4, -0.2) is 10.9 Å². The number of benzene rings is 1. The minimum Gasteiger partial charge on any atom is -0.302 e. The van der Waals surface area contributed by atoms with Gasteiger partial charge in [0.15, 0.2) is 5.13 Å². The number of carbonyl (C=O) groups is 1. The Hall–Kier alpha value is -1.68. The zero-order valence-corrected chi connectivity index (χ0v) is 13.4. The van der Waals surface area contributed by atoms with Gasteiger partial charge in [-0.1, -0.05) is 32.9 Å². The zero-order valence-electron chi connectivity index (χ0n) is 12.6. The molecule has 1 N–H and O–H groups in total. The van der Waals surface area contributed by atoms with E-state index in [1.165, 1.54) is 22.5 Å². The second kappa shape index (κ2) is 5.37. The van der Waals surface area contributed by atoms with E-state index in [-0.39, 0.29) is 5.91 Å². The molecule has 0 aliphatic rings. The van der Waals surface area contributed by atoms with Crippen molar-refractivity contribution in [3.8, 4) is 11.3 Å². The van der Waals surface area contributed by atoms with Gasteiger partial charge in [-0.15, -0.1) is 11.3 Å². The lowest BCUT2D eigenvalue weighted by molar-refractivity contribution is -0.123. The van der Waals surface area contributed by atoms with Gasteiger partial charge in [0.05, 0.1) is 5.69 Å². The number of amides is 1. The number of hydrogen-bond acceptors (Lipinski definition) is 3. The molecule has 106 valence electrons. The average Bonchev–Trinajstić information content (AvgIpc) is 2.80. The highest BCUT2D eigenvalue weighted by atomic mass is 32.1. The number of aryl methyl sites for hydroxylation is 2. The summed E-state index contributed by atoms with van der Waals surface area (Å²) >= 11 is 1.46. The van der Waals surface area contributed by atoms with Crippen LogP contribution in [0.3, 0.4) is 0 Å². The van der Waals surface area contributed by atoms with E-state index < -0.39 is 5.41 Å². The summed E-state index contributed by atoms with van der Waals surface area (Å²) in [4.78, 5) is 16.4. The van der Waals surface area contributed by atoms with Crippen molar-refractivity contribution in [1.82, 2.24) is 4.98 Å². The molecule has 0 fully saturated rings. The molecule has 1 aromatic heterocycles. The number of nitrogens with zero attached hydrogens (tertiary/aromatic N) is 1. The largest absolute Gasteiger partial charge is 0.302 e. The minimum absolute atomic E-state index is 0.0153. The molecule has 20 heavy (non-hydrogen) atoms. The summed E-state index contributed by atoms with van der Waals surface area (Å²) < 4.78 is 0. The summed E-state index contributed by atoms with van der Waals surface area (Å²) in [6.45, 7) is 9.85. The maximum atomic E-state index is 11.9. The molecule has 0 aliphatic heterocycles. The Morgan fingerprint density at radius 3 is 2.50 bits per heavy atom. The average molecular weight is 288 g/mol. The van der Waals surface area contributed by atoms with Crippen LogP contribution in [0.5, 0.6) is 0 Å². The van der Waals surface area contributed by atoms with Gasteiger partial charge in [0, 0.05) is 16.4 Å². The van der Waals surface area contributed by atoms with Gasteiger partial charge < -0.3 is 5.32 Å². The Kier molecular flexibility index (Phi) is 3.95. The van der Waals surface area contributed by atoms with Crippen LogP contribution in [0.25, 0.3) is 11.3 Å². The molecule has 1 aromatic carbocycles. The van der Waals surface area contributed by atoms with Crippen LogP contribution in [0.4, 0.5) is 5.13 Å². The maximum absolute atomic E-state index is 11.9. The summed E-state index contributed by atoms with van der Waals surface area (Å²) in [5.74, 6) is -0.0153. The first-order chi connectivity index (χ1) is 9.27. The van der Waals surface area contributed by atoms with Crippen LogP contribution in [0, 0.1) is 19.3 Å². The van der Waals surface area contributed by atoms with E-state index in [9.17, 15) is 4.79 Å². The Bertz CT molecular complexity index is 638. The van der Waals surface area contributed by atoms with Crippen molar-refractivity contribution in [2.24, 2.45) is 5.41 Å². The maximum Gasteiger partial charge on any atom is 0.231 e. The van der Waals surface area contributed by atoms with Crippen LogP contribution in [0.2, 0.25) is 0 Å². The number of rotatable bonds is 2. The molecule has 0 saturated carbocycles. The predicted octanol–water partition coefficient (Wildman–Crippen LogP) is 4.41. The molecule has 0 radical (unpaired) electrons. The first-order valence-corrected chi connectivity index (χ1v) is 7.50. The van der Waals surface area contributed by atoms with Gasteiger partial charge in [0.25, 0.3) is 0 Å². The lowest BCUT2D eigenvalue weighted by Gasteiger charge is -2.15. The number of hydrogen-bond donors (Lipinski definition) is 1. The monoisotopic (exact) mass is 288 g/mol. The van der Waals surface area contributed by atoms with E-state index in [4.69, 9.17) is 0 Å². The second-order valence-electron chi connectivity index (χ2n) is 6.04. The van der Waals surface area contributed by atoms with Gasteiger partial charge in [-0.05, 0) is 31.0 Å². The number of anilines is 1. The van der Waals surface area contributed by atoms with E-state index in [0.717, 1.165) is 11.3 Å². The van der Waals surface area contributed by atoms with Gasteiger partial charge in [0.1, 0.15) is 0 Å². The predicted molar refractivity (Wildman–Crippen MR) is 85.1 cm³/mol. The van der Waals surface area contributed by atoms with Gasteiger partial charge in [0.2, 0.25) is 5.91 Å². The number of nitrogens with one attached hydrogen (secondary N) is 1. The van der Waals surface area contributed by atoms with Crippen molar-refractivity contribution in [2.45, 2.75) is 34.6 Å². The van der Waals surface area contributed by atoms with E-state index in [2.05, 4.69) is 42.3 Å². The Labute approximate surface area is 124 Å². The first-order valence-electron chi connectivity index (χ1n) is 6.62. The van der Waals surface area contributed by atoms with Crippen molar-refractivity contribution in [3.63, 3.8) is 0 Å². The SMILES string of the molecule is Cc1ccc(-c2csc(NC(=O)C(C)(C)C)n2)cc1C. The van der Waals surface area contributed by atoms with Gasteiger partial charge in [-0.3, -0.25) is 4.79 Å². The third kappa shape index (κ3) is 3.25. The summed E-state index contributed by atoms with van der Waals surface area (Å²) in [7, 11) is 0. The highest BCUT2D eigenvalue weighted by Gasteiger charge is 2.22. The van der Waals surface area contributed by atoms with E-state index in [1.54, 1.807) is 0 Å². The molecule has 2 aromatic rings. The highest BCUT2D eigenvalue weighted by molar-refractivity contribution is 7.14. The third-order valence-electron chi connectivity index (χ3n) is 3.21. The number of carbonyl (C=O) groups excluding carboxylic acids is 1. The lowest BCUT2D eigenvalue weighted by Crippen LogP contribution is -2.27. The molecule has 0 spiro atoms. The number of thiazole rings is 1. The molecule has 0 unspecified atom stereocenters. The van der Waals surface area contributed by atoms with E-state index in [1.807, 2.05) is 26.2 Å². The van der Waals surface area contributed by atoms with Gasteiger partial charge in [-0.25, -0.2) is 4.98 Å². The normalized spacial score (nSPS) is 11.4. The topological polar surface area (TPSA) is 42.0 Å². The van der Waals surface area contributed by atoms with Crippen molar-refractivity contribution in [3.05, 3.63) is 34.7 Å². The van der Waals surface area contributed by atoms with Crippen LogP contribution in [0.1, 0.15) is 31.9 Å². The van der Waals surface area contributed by atoms with Crippen LogP contribution in [-0.2, 0) is 4.79 Å². The quantitative estimate of drug-likeness (QED) is 0.889. The molecule has 3 nitrogen and oxygen atoms in total. The summed E-state index contributed by atoms with van der Waals surface area (Å²) in [6, 6.07) is 6.28. The molecular weight excluding hydrogens is 268 g/mol. The Morgan fingerprint density at radius 1 is 1.20 bits per heavy atom. The fourth-order valence-electron chi connectivity index (χ4n) is 1.65. The summed E-state index contributed by atoms with van der Waals surface area (Å²) in [5, 5.41) is 5.49. The molecule has 4 heteroatoms. The minimum atomic E-state index is -0.410. The lowest BCUT2D eigenvalue weighted by atomic mass is 9.96. The zero-order chi connectivity index (χ0) is 14.9. The third-order valence-corrected chi connectivity index (χ3v) is 3.97. The van der Waals surface area contributed by atoms with E-state index >= 15 is 0 Å². The molecule has 1 amide bonds. The highest BCUT2D eigenvalue weighted by Crippen LogP contribution is 2.27. The van der Waals surface area contributed by atoms with Gasteiger partial charge in [-0.2, -0.15) is 0 Å². The van der Waals surface area contributed by atoms with Crippen molar-refractivity contribution in [1.29, 1.82) is 0 Å². The first kappa shape index (κ1) is 14.7. The van der Waals surface area contributed by atoms with Crippen LogP contribution >= 0.6 is 11.3 Å². The number of aromatic nitrogens is 1. The molecule has 1 heterocycles. The molecule has 2 rings (SSSR count). The fraction of sp³-hybridized carbons (Fsp3) is 0.375. The molecule has 0 aliphatic carbocycles. The van der Waals surface area contributed by atoms with Crippen molar-refractivity contribution in [2.75, 3.05) is 5.32 Å². The van der Waals surface area contributed by atoms with Gasteiger partial charge >= 0.3 is 0 Å². The summed E-state index contributed by atoms with van der Waals surface area (Å²) in [6.07, 6.45) is 0. The van der Waals surface area contributed by atoms with Crippen LogP contribution < -0.4 is 5.32 Å². The Balaban J connectivity index is 2.21. The summed E-state index contributed by atoms with van der Waals surface area (Å²) in [5.41, 5.74) is 4.09. The Morgan fingerprint density at radius 2 is 1.90 bits per heavy atom. The molecule has 0 saturated heterocycles. The van der Waals surface area contributed by atoms with Crippen molar-refractivity contribution >= 4 is 22.4 Å². The molecular formula is C16H20N2OS. The van der Waals surface area contributed by atoms with Crippen molar-refractivity contribution < 1.29 is 4.79 Å².